The summed E-state index contributed by atoms with van der Waals surface area (Å²) in [5.74, 6) is 3.69. The fraction of sp³-hybridized carbons (Fsp3) is 0.320. The van der Waals surface area contributed by atoms with E-state index in [-0.39, 0.29) is 18.1 Å². The summed E-state index contributed by atoms with van der Waals surface area (Å²) in [4.78, 5) is 0. The minimum Gasteiger partial charge on any atom is -0.493 e. The van der Waals surface area contributed by atoms with Crippen molar-refractivity contribution in [3.05, 3.63) is 65.4 Å². The van der Waals surface area contributed by atoms with Gasteiger partial charge in [0.05, 0.1) is 20.1 Å². The lowest BCUT2D eigenvalue weighted by molar-refractivity contribution is 0.0941. The van der Waals surface area contributed by atoms with Gasteiger partial charge in [0.1, 0.15) is 36.1 Å². The molecule has 0 N–H and O–H groups in total. The third-order valence-corrected chi connectivity index (χ3v) is 6.11. The number of hydrogen-bond acceptors (Lipinski definition) is 5. The number of benzene rings is 2. The second-order valence-electron chi connectivity index (χ2n) is 7.86. The summed E-state index contributed by atoms with van der Waals surface area (Å²) in [7, 11) is 3.25. The van der Waals surface area contributed by atoms with Crippen molar-refractivity contribution in [2.24, 2.45) is 0 Å². The Morgan fingerprint density at radius 2 is 1.87 bits per heavy atom. The normalized spacial score (nSPS) is 22.8. The van der Waals surface area contributed by atoms with Gasteiger partial charge in [-0.1, -0.05) is 13.2 Å². The molecule has 0 bridgehead atoms. The molecule has 0 spiro atoms. The molecule has 5 rings (SSSR count). The smallest absolute Gasteiger partial charge is 0.164 e. The van der Waals surface area contributed by atoms with Crippen LogP contribution in [-0.4, -0.2) is 33.0 Å². The minimum atomic E-state index is -0.192. The Hall–Kier alpha value is -3.30. The van der Waals surface area contributed by atoms with Crippen LogP contribution < -0.4 is 23.7 Å². The van der Waals surface area contributed by atoms with E-state index in [2.05, 4.69) is 18.9 Å². The van der Waals surface area contributed by atoms with Crippen LogP contribution in [0.15, 0.2) is 48.7 Å². The molecule has 5 nitrogen and oxygen atoms in total. The molecule has 0 aliphatic carbocycles. The first-order chi connectivity index (χ1) is 14.5. The predicted octanol–water partition coefficient (Wildman–Crippen LogP) is 4.69. The maximum atomic E-state index is 6.53. The van der Waals surface area contributed by atoms with Crippen molar-refractivity contribution < 1.29 is 23.7 Å². The molecular weight excluding hydrogens is 380 g/mol. The van der Waals surface area contributed by atoms with Crippen molar-refractivity contribution in [2.45, 2.75) is 31.5 Å². The highest BCUT2D eigenvalue weighted by molar-refractivity contribution is 5.81. The van der Waals surface area contributed by atoms with E-state index in [0.29, 0.717) is 18.1 Å². The molecule has 0 fully saturated rings. The molecule has 154 valence electrons. The highest BCUT2D eigenvalue weighted by Crippen LogP contribution is 2.54. The molecule has 3 atom stereocenters. The van der Waals surface area contributed by atoms with Crippen molar-refractivity contribution in [3.8, 4) is 28.7 Å². The molecule has 2 aromatic carbocycles. The summed E-state index contributed by atoms with van der Waals surface area (Å²) in [5.41, 5.74) is 8.25. The second-order valence-corrected chi connectivity index (χ2v) is 7.86. The van der Waals surface area contributed by atoms with Crippen LogP contribution in [0.25, 0.3) is 5.57 Å². The highest BCUT2D eigenvalue weighted by atomic mass is 16.5. The molecule has 5 heteroatoms. The van der Waals surface area contributed by atoms with Crippen molar-refractivity contribution in [1.82, 2.24) is 0 Å². The zero-order valence-corrected chi connectivity index (χ0v) is 17.4. The Kier molecular flexibility index (Phi) is 4.30. The van der Waals surface area contributed by atoms with Gasteiger partial charge in [-0.3, -0.25) is 0 Å². The standard InChI is InChI=1S/C25H24O5/c1-6-14-15-7-8-18-17(10-19(29-18)13(2)3)25(15)30-23-12-28-20-11-22(27-5)21(26-4)9-16(20)24(14)23/h7-9,11,19,23-24H,1-2,10,12H2,3-5H3/t19?,23-,24+/m1/s1. The average Bonchev–Trinajstić information content (AvgIpc) is 3.21. The molecule has 1 unspecified atom stereocenters. The molecule has 0 saturated carbocycles. The molecule has 0 saturated heterocycles. The van der Waals surface area contributed by atoms with Gasteiger partial charge in [0.15, 0.2) is 11.5 Å². The van der Waals surface area contributed by atoms with Gasteiger partial charge >= 0.3 is 0 Å². The van der Waals surface area contributed by atoms with E-state index in [4.69, 9.17) is 23.7 Å². The van der Waals surface area contributed by atoms with E-state index in [0.717, 1.165) is 51.5 Å². The first-order valence-electron chi connectivity index (χ1n) is 9.99. The summed E-state index contributed by atoms with van der Waals surface area (Å²) < 4.78 is 29.6. The van der Waals surface area contributed by atoms with Crippen LogP contribution in [0.1, 0.15) is 29.5 Å². The zero-order valence-electron chi connectivity index (χ0n) is 17.4. The Balaban J connectivity index is 1.63. The van der Waals surface area contributed by atoms with Crippen LogP contribution in [0.2, 0.25) is 0 Å². The average molecular weight is 404 g/mol. The molecule has 3 heterocycles. The lowest BCUT2D eigenvalue weighted by atomic mass is 9.78. The number of methoxy groups -OCH3 is 2. The van der Waals surface area contributed by atoms with E-state index >= 15 is 0 Å². The van der Waals surface area contributed by atoms with Crippen LogP contribution in [0.3, 0.4) is 0 Å². The van der Waals surface area contributed by atoms with Gasteiger partial charge < -0.3 is 23.7 Å². The molecule has 30 heavy (non-hydrogen) atoms. The summed E-state index contributed by atoms with van der Waals surface area (Å²) >= 11 is 0. The fourth-order valence-electron chi connectivity index (χ4n) is 4.60. The summed E-state index contributed by atoms with van der Waals surface area (Å²) in [5, 5.41) is 0. The lowest BCUT2D eigenvalue weighted by Crippen LogP contribution is -2.39. The first-order valence-corrected chi connectivity index (χ1v) is 9.99. The van der Waals surface area contributed by atoms with Gasteiger partial charge in [0.2, 0.25) is 0 Å². The van der Waals surface area contributed by atoms with Gasteiger partial charge in [0, 0.05) is 34.8 Å². The quantitative estimate of drug-likeness (QED) is 0.549. The topological polar surface area (TPSA) is 46.2 Å². The monoisotopic (exact) mass is 404 g/mol. The summed E-state index contributed by atoms with van der Waals surface area (Å²) in [6.45, 7) is 10.5. The Labute approximate surface area is 176 Å². The molecule has 0 amide bonds. The third kappa shape index (κ3) is 2.62. The molecular formula is C25H24O5. The third-order valence-electron chi connectivity index (χ3n) is 6.11. The SMILES string of the molecule is C=C=C1c2ccc3c(c2O[C@@H]2COc4cc(OC)c(OC)cc4[C@H]12)CC(C(=C)C)O3. The van der Waals surface area contributed by atoms with Crippen LogP contribution in [0, 0.1) is 0 Å². The van der Waals surface area contributed by atoms with E-state index in [9.17, 15) is 0 Å². The van der Waals surface area contributed by atoms with Gasteiger partial charge in [-0.05, 0) is 30.7 Å². The largest absolute Gasteiger partial charge is 0.493 e. The van der Waals surface area contributed by atoms with Crippen LogP contribution in [-0.2, 0) is 6.42 Å². The van der Waals surface area contributed by atoms with Crippen LogP contribution >= 0.6 is 0 Å². The Morgan fingerprint density at radius 1 is 1.10 bits per heavy atom. The summed E-state index contributed by atoms with van der Waals surface area (Å²) in [6, 6.07) is 7.88. The Bertz CT molecular complexity index is 1110. The highest BCUT2D eigenvalue weighted by Gasteiger charge is 2.43. The fourth-order valence-corrected chi connectivity index (χ4v) is 4.60. The van der Waals surface area contributed by atoms with Crippen LogP contribution in [0.4, 0.5) is 0 Å². The van der Waals surface area contributed by atoms with Gasteiger partial charge in [-0.25, -0.2) is 0 Å². The number of fused-ring (bicyclic) bond motifs is 6. The summed E-state index contributed by atoms with van der Waals surface area (Å²) in [6.07, 6.45) is 0.532. The van der Waals surface area contributed by atoms with Crippen molar-refractivity contribution in [3.63, 3.8) is 0 Å². The predicted molar refractivity (Wildman–Crippen MR) is 114 cm³/mol. The number of ether oxygens (including phenoxy) is 5. The van der Waals surface area contributed by atoms with E-state index in [1.165, 1.54) is 0 Å². The maximum absolute atomic E-state index is 6.53. The maximum Gasteiger partial charge on any atom is 0.164 e. The van der Waals surface area contributed by atoms with Gasteiger partial charge in [-0.2, -0.15) is 0 Å². The molecule has 3 aliphatic heterocycles. The first kappa shape index (κ1) is 18.7. The van der Waals surface area contributed by atoms with E-state index in [1.54, 1.807) is 14.2 Å². The van der Waals surface area contributed by atoms with E-state index < -0.39 is 0 Å². The second kappa shape index (κ2) is 6.89. The molecule has 0 radical (unpaired) electrons. The minimum absolute atomic E-state index is 0.0240. The van der Waals surface area contributed by atoms with Crippen molar-refractivity contribution >= 4 is 5.57 Å². The zero-order chi connectivity index (χ0) is 21.0. The molecule has 2 aromatic rings. The van der Waals surface area contributed by atoms with Gasteiger partial charge in [0.25, 0.3) is 0 Å². The van der Waals surface area contributed by atoms with Crippen molar-refractivity contribution in [2.75, 3.05) is 20.8 Å². The number of hydrogen-bond donors (Lipinski definition) is 0. The lowest BCUT2D eigenvalue weighted by Gasteiger charge is -2.39. The van der Waals surface area contributed by atoms with Gasteiger partial charge in [-0.15, -0.1) is 5.73 Å². The Morgan fingerprint density at radius 3 is 2.57 bits per heavy atom. The molecule has 0 aromatic heterocycles. The molecule has 3 aliphatic rings. The number of rotatable bonds is 3. The van der Waals surface area contributed by atoms with Crippen molar-refractivity contribution in [1.29, 1.82) is 0 Å². The van der Waals surface area contributed by atoms with E-state index in [1.807, 2.05) is 31.2 Å². The van der Waals surface area contributed by atoms with Crippen LogP contribution in [0.5, 0.6) is 28.7 Å².